The van der Waals surface area contributed by atoms with Crippen molar-refractivity contribution in [3.63, 3.8) is 0 Å². The van der Waals surface area contributed by atoms with Gasteiger partial charge in [-0.1, -0.05) is 18.5 Å². The van der Waals surface area contributed by atoms with Crippen LogP contribution in [0.2, 0.25) is 5.02 Å². The Morgan fingerprint density at radius 1 is 1.30 bits per heavy atom. The van der Waals surface area contributed by atoms with Gasteiger partial charge in [-0.25, -0.2) is 0 Å². The number of ether oxygens (including phenoxy) is 2. The van der Waals surface area contributed by atoms with E-state index in [4.69, 9.17) is 21.1 Å². The maximum Gasteiger partial charge on any atom is 0.224 e. The molecule has 0 spiro atoms. The summed E-state index contributed by atoms with van der Waals surface area (Å²) in [5.41, 5.74) is 0.580. The summed E-state index contributed by atoms with van der Waals surface area (Å²) >= 11 is 6.08. The lowest BCUT2D eigenvalue weighted by atomic mass is 9.84. The van der Waals surface area contributed by atoms with Crippen LogP contribution in [0.15, 0.2) is 12.1 Å². The van der Waals surface area contributed by atoms with Crippen molar-refractivity contribution in [1.82, 2.24) is 5.32 Å². The molecule has 0 aromatic heterocycles. The van der Waals surface area contributed by atoms with Crippen LogP contribution in [-0.4, -0.2) is 33.2 Å². The van der Waals surface area contributed by atoms with Crippen molar-refractivity contribution in [1.29, 1.82) is 0 Å². The molecule has 1 saturated heterocycles. The topological polar surface area (TPSA) is 59.6 Å². The number of nitrogens with one attached hydrogen (secondary N) is 2. The molecule has 0 bridgehead atoms. The summed E-state index contributed by atoms with van der Waals surface area (Å²) in [6, 6.07) is 3.33. The highest BCUT2D eigenvalue weighted by atomic mass is 35.5. The number of methoxy groups -OCH3 is 2. The molecule has 2 N–H and O–H groups in total. The predicted molar refractivity (Wildman–Crippen MR) is 92.6 cm³/mol. The average Bonchev–Trinajstić information content (AvgIpc) is 2.56. The predicted octanol–water partition coefficient (Wildman–Crippen LogP) is 3.32. The summed E-state index contributed by atoms with van der Waals surface area (Å²) < 4.78 is 10.5. The van der Waals surface area contributed by atoms with Gasteiger partial charge in [-0.3, -0.25) is 4.79 Å². The number of benzene rings is 1. The Morgan fingerprint density at radius 3 is 2.57 bits per heavy atom. The monoisotopic (exact) mass is 340 g/mol. The van der Waals surface area contributed by atoms with E-state index in [9.17, 15) is 4.79 Å². The molecule has 1 aromatic rings. The zero-order valence-electron chi connectivity index (χ0n) is 13.9. The molecule has 1 atom stereocenters. The van der Waals surface area contributed by atoms with Gasteiger partial charge in [0, 0.05) is 18.6 Å². The smallest absolute Gasteiger partial charge is 0.224 e. The third-order valence-electron chi connectivity index (χ3n) is 4.44. The Labute approximate surface area is 142 Å². The van der Waals surface area contributed by atoms with Crippen LogP contribution in [0.25, 0.3) is 0 Å². The summed E-state index contributed by atoms with van der Waals surface area (Å²) in [4.78, 5) is 12.4. The van der Waals surface area contributed by atoms with Crippen LogP contribution in [0.4, 0.5) is 5.69 Å². The fraction of sp³-hybridized carbons (Fsp3) is 0.588. The Hall–Kier alpha value is -1.46. The van der Waals surface area contributed by atoms with E-state index in [1.165, 1.54) is 0 Å². The van der Waals surface area contributed by atoms with Gasteiger partial charge < -0.3 is 20.1 Å². The minimum absolute atomic E-state index is 0.0151. The van der Waals surface area contributed by atoms with E-state index in [-0.39, 0.29) is 5.91 Å². The zero-order chi connectivity index (χ0) is 16.8. The highest BCUT2D eigenvalue weighted by Crippen LogP contribution is 2.36. The molecule has 6 heteroatoms. The lowest BCUT2D eigenvalue weighted by molar-refractivity contribution is -0.117. The Bertz CT molecular complexity index is 545. The molecular formula is C17H25ClN2O3. The molecule has 1 fully saturated rings. The molecule has 23 heavy (non-hydrogen) atoms. The van der Waals surface area contributed by atoms with E-state index in [0.29, 0.717) is 40.5 Å². The van der Waals surface area contributed by atoms with E-state index in [2.05, 4.69) is 17.6 Å². The summed E-state index contributed by atoms with van der Waals surface area (Å²) in [5, 5.41) is 6.72. The third-order valence-corrected chi connectivity index (χ3v) is 4.74. The van der Waals surface area contributed by atoms with E-state index < -0.39 is 0 Å². The van der Waals surface area contributed by atoms with Crippen molar-refractivity contribution in [3.8, 4) is 11.5 Å². The van der Waals surface area contributed by atoms with Crippen LogP contribution < -0.4 is 20.1 Å². The van der Waals surface area contributed by atoms with Crippen molar-refractivity contribution in [2.45, 2.75) is 26.2 Å². The van der Waals surface area contributed by atoms with Crippen LogP contribution in [0.3, 0.4) is 0 Å². The fourth-order valence-electron chi connectivity index (χ4n) is 3.03. The quantitative estimate of drug-likeness (QED) is 0.834. The first-order valence-electron chi connectivity index (χ1n) is 7.97. The number of carbonyl (C=O) groups excluding carboxylic acids is 1. The van der Waals surface area contributed by atoms with Crippen molar-refractivity contribution in [3.05, 3.63) is 17.2 Å². The molecule has 1 aromatic carbocycles. The molecular weight excluding hydrogens is 316 g/mol. The fourth-order valence-corrected chi connectivity index (χ4v) is 3.26. The number of hydrogen-bond donors (Lipinski definition) is 2. The minimum atomic E-state index is -0.0151. The average molecular weight is 341 g/mol. The lowest BCUT2D eigenvalue weighted by Crippen LogP contribution is -2.32. The van der Waals surface area contributed by atoms with Crippen LogP contribution in [0.5, 0.6) is 11.5 Å². The minimum Gasteiger partial charge on any atom is -0.495 e. The van der Waals surface area contributed by atoms with Gasteiger partial charge in [-0.15, -0.1) is 0 Å². The molecule has 0 saturated carbocycles. The zero-order valence-corrected chi connectivity index (χ0v) is 14.7. The summed E-state index contributed by atoms with van der Waals surface area (Å²) in [7, 11) is 3.09. The second-order valence-electron chi connectivity index (χ2n) is 6.00. The largest absolute Gasteiger partial charge is 0.495 e. The van der Waals surface area contributed by atoms with Gasteiger partial charge in [-0.05, 0) is 37.8 Å². The van der Waals surface area contributed by atoms with E-state index in [1.807, 2.05) is 0 Å². The molecule has 1 amide bonds. The Morgan fingerprint density at radius 2 is 1.96 bits per heavy atom. The highest BCUT2D eigenvalue weighted by Gasteiger charge is 2.22. The van der Waals surface area contributed by atoms with E-state index in [1.54, 1.807) is 26.4 Å². The van der Waals surface area contributed by atoms with Crippen LogP contribution in [-0.2, 0) is 4.79 Å². The molecule has 1 aliphatic heterocycles. The first kappa shape index (κ1) is 17.9. The maximum atomic E-state index is 12.4. The van der Waals surface area contributed by atoms with E-state index in [0.717, 1.165) is 25.9 Å². The van der Waals surface area contributed by atoms with Crippen LogP contribution in [0, 0.1) is 11.8 Å². The van der Waals surface area contributed by atoms with Gasteiger partial charge in [0.05, 0.1) is 24.9 Å². The summed E-state index contributed by atoms with van der Waals surface area (Å²) in [6.07, 6.45) is 2.76. The lowest BCUT2D eigenvalue weighted by Gasteiger charge is -2.28. The highest BCUT2D eigenvalue weighted by molar-refractivity contribution is 6.32. The molecule has 2 rings (SSSR count). The van der Waals surface area contributed by atoms with Crippen molar-refractivity contribution in [2.75, 3.05) is 32.6 Å². The summed E-state index contributed by atoms with van der Waals surface area (Å²) in [5.74, 6) is 1.98. The number of halogens is 1. The van der Waals surface area contributed by atoms with E-state index >= 15 is 0 Å². The second kappa shape index (κ2) is 8.41. The third kappa shape index (κ3) is 4.75. The molecule has 1 unspecified atom stereocenters. The van der Waals surface area contributed by atoms with Crippen molar-refractivity contribution in [2.24, 2.45) is 11.8 Å². The normalized spacial score (nSPS) is 16.7. The molecule has 0 aliphatic carbocycles. The Balaban J connectivity index is 2.01. The molecule has 0 radical (unpaired) electrons. The SMILES string of the molecule is COc1cc(NC(=O)CC(C)C2CCNCC2)c(OC)cc1Cl. The van der Waals surface area contributed by atoms with Gasteiger partial charge in [0.2, 0.25) is 5.91 Å². The maximum absolute atomic E-state index is 12.4. The standard InChI is InChI=1S/C17H25ClN2O3/c1-11(12-4-6-19-7-5-12)8-17(21)20-14-10-15(22-2)13(18)9-16(14)23-3/h9-12,19H,4-8H2,1-3H3,(H,20,21). The number of amides is 1. The van der Waals surface area contributed by atoms with Crippen molar-refractivity contribution >= 4 is 23.2 Å². The number of piperidine rings is 1. The molecule has 5 nitrogen and oxygen atoms in total. The number of rotatable bonds is 6. The summed E-state index contributed by atoms with van der Waals surface area (Å²) in [6.45, 7) is 4.23. The van der Waals surface area contributed by atoms with Gasteiger partial charge in [0.15, 0.2) is 0 Å². The number of carbonyl (C=O) groups is 1. The molecule has 128 valence electrons. The Kier molecular flexibility index (Phi) is 6.54. The van der Waals surface area contributed by atoms with Gasteiger partial charge in [0.25, 0.3) is 0 Å². The number of anilines is 1. The first-order chi connectivity index (χ1) is 11.0. The van der Waals surface area contributed by atoms with Crippen LogP contribution >= 0.6 is 11.6 Å². The van der Waals surface area contributed by atoms with Gasteiger partial charge in [-0.2, -0.15) is 0 Å². The first-order valence-corrected chi connectivity index (χ1v) is 8.35. The van der Waals surface area contributed by atoms with Crippen LogP contribution in [0.1, 0.15) is 26.2 Å². The van der Waals surface area contributed by atoms with Crippen molar-refractivity contribution < 1.29 is 14.3 Å². The molecule has 1 aliphatic rings. The second-order valence-corrected chi connectivity index (χ2v) is 6.41. The molecule has 1 heterocycles. The van der Waals surface area contributed by atoms with Gasteiger partial charge in [0.1, 0.15) is 11.5 Å². The number of hydrogen-bond acceptors (Lipinski definition) is 4. The van der Waals surface area contributed by atoms with Gasteiger partial charge >= 0.3 is 0 Å².